The minimum absolute atomic E-state index is 0.0190. The van der Waals surface area contributed by atoms with Gasteiger partial charge in [0.2, 0.25) is 0 Å². The minimum Gasteiger partial charge on any atom is -0.492 e. The molecule has 204 valence electrons. The van der Waals surface area contributed by atoms with Gasteiger partial charge in [-0.1, -0.05) is 59.7 Å². The Morgan fingerprint density at radius 1 is 1.03 bits per heavy atom. The Balaban J connectivity index is 2.00. The fourth-order valence-electron chi connectivity index (χ4n) is 3.70. The smallest absolute Gasteiger partial charge is 0.294 e. The number of nitrogens with zero attached hydrogens (tertiary/aromatic N) is 3. The number of sulfonamides is 1. The quantitative estimate of drug-likeness (QED) is 0.394. The van der Waals surface area contributed by atoms with Gasteiger partial charge < -0.3 is 4.74 Å². The van der Waals surface area contributed by atoms with Gasteiger partial charge in [-0.3, -0.25) is 19.4 Å². The molecule has 0 atom stereocenters. The topological polar surface area (TPSA) is 135 Å². The maximum absolute atomic E-state index is 13.4. The van der Waals surface area contributed by atoms with E-state index in [-0.39, 0.29) is 45.2 Å². The predicted octanol–water partition coefficient (Wildman–Crippen LogP) is 5.24. The van der Waals surface area contributed by atoms with E-state index in [2.05, 4.69) is 20.0 Å². The van der Waals surface area contributed by atoms with Crippen LogP contribution in [0.3, 0.4) is 0 Å². The molecule has 2 N–H and O–H groups in total. The molecular formula is C27H35N5O5S. The zero-order chi connectivity index (χ0) is 28.5. The first-order chi connectivity index (χ1) is 17.6. The van der Waals surface area contributed by atoms with E-state index in [1.54, 1.807) is 38.2 Å². The average molecular weight is 542 g/mol. The van der Waals surface area contributed by atoms with Crippen molar-refractivity contribution in [2.75, 3.05) is 6.61 Å². The largest absolute Gasteiger partial charge is 0.492 e. The van der Waals surface area contributed by atoms with Gasteiger partial charge >= 0.3 is 0 Å². The van der Waals surface area contributed by atoms with Gasteiger partial charge in [-0.25, -0.2) is 13.1 Å². The molecule has 1 heterocycles. The van der Waals surface area contributed by atoms with Gasteiger partial charge in [0.1, 0.15) is 10.6 Å². The van der Waals surface area contributed by atoms with Crippen molar-refractivity contribution in [1.82, 2.24) is 14.5 Å². The van der Waals surface area contributed by atoms with Crippen LogP contribution in [0.15, 0.2) is 62.4 Å². The van der Waals surface area contributed by atoms with Crippen LogP contribution in [0.4, 0.5) is 11.4 Å². The molecule has 1 aromatic heterocycles. The van der Waals surface area contributed by atoms with Gasteiger partial charge in [-0.05, 0) is 42.2 Å². The van der Waals surface area contributed by atoms with Crippen LogP contribution in [0, 0.1) is 0 Å². The van der Waals surface area contributed by atoms with E-state index in [1.165, 1.54) is 22.9 Å². The third-order valence-electron chi connectivity index (χ3n) is 5.81. The molecule has 0 bridgehead atoms. The third kappa shape index (κ3) is 6.21. The Hall–Kier alpha value is -3.73. The van der Waals surface area contributed by atoms with E-state index in [0.29, 0.717) is 5.69 Å². The number of aromatic amines is 1. The number of H-pyrrole nitrogens is 1. The lowest BCUT2D eigenvalue weighted by atomic mass is 9.87. The number of azo groups is 1. The van der Waals surface area contributed by atoms with Crippen LogP contribution in [0.1, 0.15) is 70.1 Å². The number of carbonyl (C=O) groups excluding carboxylic acids is 1. The Morgan fingerprint density at radius 2 is 1.68 bits per heavy atom. The lowest BCUT2D eigenvalue weighted by Crippen LogP contribution is -2.31. The third-order valence-corrected chi connectivity index (χ3v) is 7.16. The fourth-order valence-corrected chi connectivity index (χ4v) is 4.84. The van der Waals surface area contributed by atoms with Crippen LogP contribution in [-0.4, -0.2) is 30.7 Å². The molecule has 38 heavy (non-hydrogen) atoms. The summed E-state index contributed by atoms with van der Waals surface area (Å²) < 4.78 is 35.7. The highest BCUT2D eigenvalue weighted by Gasteiger charge is 2.27. The number of benzene rings is 2. The van der Waals surface area contributed by atoms with Crippen LogP contribution in [0.2, 0.25) is 0 Å². The molecule has 0 saturated heterocycles. The Bertz CT molecular complexity index is 1540. The van der Waals surface area contributed by atoms with Gasteiger partial charge in [0, 0.05) is 12.5 Å². The summed E-state index contributed by atoms with van der Waals surface area (Å²) in [4.78, 5) is 25.7. The van der Waals surface area contributed by atoms with Crippen LogP contribution in [-0.2, 0) is 27.9 Å². The number of hydrogen-bond acceptors (Lipinski definition) is 7. The Kier molecular flexibility index (Phi) is 8.02. The highest BCUT2D eigenvalue weighted by Crippen LogP contribution is 2.32. The van der Waals surface area contributed by atoms with Crippen LogP contribution in [0.25, 0.3) is 0 Å². The highest BCUT2D eigenvalue weighted by molar-refractivity contribution is 7.90. The molecular weight excluding hydrogens is 506 g/mol. The second-order valence-corrected chi connectivity index (χ2v) is 12.6. The van der Waals surface area contributed by atoms with Gasteiger partial charge in [0.25, 0.3) is 21.5 Å². The lowest BCUT2D eigenvalue weighted by Gasteiger charge is -2.21. The van der Waals surface area contributed by atoms with E-state index in [4.69, 9.17) is 4.74 Å². The molecule has 0 radical (unpaired) electrons. The summed E-state index contributed by atoms with van der Waals surface area (Å²) in [5.74, 6) is -0.743. The van der Waals surface area contributed by atoms with Crippen molar-refractivity contribution in [2.24, 2.45) is 17.3 Å². The number of ether oxygens (including phenoxy) is 1. The highest BCUT2D eigenvalue weighted by atomic mass is 32.2. The maximum atomic E-state index is 13.4. The first-order valence-electron chi connectivity index (χ1n) is 12.2. The number of amides is 1. The summed E-state index contributed by atoms with van der Waals surface area (Å²) >= 11 is 0. The number of hydrogen-bond donors (Lipinski definition) is 2. The van der Waals surface area contributed by atoms with Crippen molar-refractivity contribution in [2.45, 2.75) is 64.2 Å². The molecule has 0 spiro atoms. The van der Waals surface area contributed by atoms with Crippen molar-refractivity contribution in [3.05, 3.63) is 69.6 Å². The minimum atomic E-state index is -4.31. The molecule has 3 rings (SSSR count). The van der Waals surface area contributed by atoms with Crippen molar-refractivity contribution < 1.29 is 17.9 Å². The summed E-state index contributed by atoms with van der Waals surface area (Å²) in [6, 6.07) is 11.1. The zero-order valence-electron chi connectivity index (χ0n) is 23.0. The van der Waals surface area contributed by atoms with E-state index in [0.717, 1.165) is 5.56 Å². The molecule has 11 heteroatoms. The van der Waals surface area contributed by atoms with E-state index in [9.17, 15) is 18.0 Å². The molecule has 0 aliphatic heterocycles. The number of carbonyl (C=O) groups is 1. The van der Waals surface area contributed by atoms with E-state index >= 15 is 0 Å². The maximum Gasteiger partial charge on any atom is 0.294 e. The standard InChI is InChI=1S/C27H35N5O5S/c1-9-37-20-15-14-17(26(2,3)4)16-21(20)38(35,36)31-24(33)18-12-10-11-13-19(18)28-29-22-23(27(5,6)7)30-32(8)25(22)34/h10-16,30H,9H2,1-8H3,(H,31,33). The Labute approximate surface area is 223 Å². The molecule has 0 aliphatic rings. The van der Waals surface area contributed by atoms with Gasteiger partial charge in [-0.15, -0.1) is 10.2 Å². The van der Waals surface area contributed by atoms with Gasteiger partial charge in [-0.2, -0.15) is 0 Å². The van der Waals surface area contributed by atoms with Crippen molar-refractivity contribution in [3.63, 3.8) is 0 Å². The van der Waals surface area contributed by atoms with Gasteiger partial charge in [0.15, 0.2) is 5.69 Å². The number of rotatable bonds is 7. The predicted molar refractivity (Wildman–Crippen MR) is 146 cm³/mol. The number of nitrogens with one attached hydrogen (secondary N) is 2. The zero-order valence-corrected chi connectivity index (χ0v) is 23.9. The molecule has 0 aliphatic carbocycles. The van der Waals surface area contributed by atoms with Crippen LogP contribution < -0.4 is 15.0 Å². The van der Waals surface area contributed by atoms with E-state index < -0.39 is 21.3 Å². The van der Waals surface area contributed by atoms with Crippen molar-refractivity contribution in [3.8, 4) is 5.75 Å². The monoisotopic (exact) mass is 541 g/mol. The summed E-state index contributed by atoms with van der Waals surface area (Å²) in [6.45, 7) is 13.7. The first-order valence-corrected chi connectivity index (χ1v) is 13.7. The molecule has 0 saturated carbocycles. The molecule has 0 unspecified atom stereocenters. The van der Waals surface area contributed by atoms with Gasteiger partial charge in [0.05, 0.1) is 23.6 Å². The second-order valence-electron chi connectivity index (χ2n) is 10.9. The normalized spacial score (nSPS) is 12.6. The summed E-state index contributed by atoms with van der Waals surface area (Å²) in [7, 11) is -2.73. The first kappa shape index (κ1) is 28.8. The van der Waals surface area contributed by atoms with Crippen molar-refractivity contribution >= 4 is 27.3 Å². The average Bonchev–Trinajstić information content (AvgIpc) is 3.11. The molecule has 2 aromatic carbocycles. The molecule has 10 nitrogen and oxygen atoms in total. The Morgan fingerprint density at radius 3 is 2.29 bits per heavy atom. The fraction of sp³-hybridized carbons (Fsp3) is 0.407. The summed E-state index contributed by atoms with van der Waals surface area (Å²) in [5, 5.41) is 11.3. The summed E-state index contributed by atoms with van der Waals surface area (Å²) in [5.41, 5.74) is 0.443. The van der Waals surface area contributed by atoms with Crippen molar-refractivity contribution in [1.29, 1.82) is 0 Å². The molecule has 1 amide bonds. The lowest BCUT2D eigenvalue weighted by molar-refractivity contribution is 0.0982. The van der Waals surface area contributed by atoms with Crippen LogP contribution in [0.5, 0.6) is 5.75 Å². The number of aromatic nitrogens is 2. The summed E-state index contributed by atoms with van der Waals surface area (Å²) in [6.07, 6.45) is 0. The molecule has 0 fully saturated rings. The molecule has 3 aromatic rings. The SMILES string of the molecule is CCOc1ccc(C(C)(C)C)cc1S(=O)(=O)NC(=O)c1ccccc1N=Nc1c(C(C)(C)C)[nH]n(C)c1=O. The second kappa shape index (κ2) is 10.6. The van der Waals surface area contributed by atoms with E-state index in [1.807, 2.05) is 41.5 Å². The number of aryl methyl sites for hydroxylation is 1. The van der Waals surface area contributed by atoms with Crippen LogP contribution >= 0.6 is 0 Å².